The van der Waals surface area contributed by atoms with Crippen LogP contribution in [-0.2, 0) is 11.3 Å². The van der Waals surface area contributed by atoms with E-state index >= 15 is 0 Å². The van der Waals surface area contributed by atoms with Crippen molar-refractivity contribution < 1.29 is 9.21 Å². The molecular formula is C25H22ClN5O2S. The highest BCUT2D eigenvalue weighted by Crippen LogP contribution is 2.32. The molecule has 5 rings (SSSR count). The zero-order valence-electron chi connectivity index (χ0n) is 18.7. The van der Waals surface area contributed by atoms with E-state index in [0.29, 0.717) is 22.5 Å². The standard InChI is InChI=1S/C25H22ClN5O2S/c1-16-7-12-19(33-16)14-30(2)23(32)15-34-25-29-28-24(31(25)18-10-8-17(26)9-11-18)21-13-27-22-6-4-3-5-20(21)22/h3-13,27H,14-15H2,1-2H3. The van der Waals surface area contributed by atoms with Crippen molar-refractivity contribution in [3.05, 3.63) is 83.4 Å². The fourth-order valence-electron chi connectivity index (χ4n) is 3.75. The lowest BCUT2D eigenvalue weighted by atomic mass is 10.1. The number of halogens is 1. The van der Waals surface area contributed by atoms with Crippen molar-refractivity contribution >= 4 is 40.2 Å². The molecule has 0 atom stereocenters. The van der Waals surface area contributed by atoms with Crippen LogP contribution in [0.3, 0.4) is 0 Å². The lowest BCUT2D eigenvalue weighted by molar-refractivity contribution is -0.127. The Morgan fingerprint density at radius 2 is 1.91 bits per heavy atom. The second-order valence-electron chi connectivity index (χ2n) is 7.92. The minimum Gasteiger partial charge on any atom is -0.464 e. The van der Waals surface area contributed by atoms with Crippen LogP contribution in [0.15, 0.2) is 76.4 Å². The van der Waals surface area contributed by atoms with Gasteiger partial charge in [-0.1, -0.05) is 41.6 Å². The van der Waals surface area contributed by atoms with Crippen molar-refractivity contribution in [3.8, 4) is 17.1 Å². The number of carbonyl (C=O) groups is 1. The van der Waals surface area contributed by atoms with E-state index in [9.17, 15) is 4.79 Å². The van der Waals surface area contributed by atoms with E-state index in [1.165, 1.54) is 11.8 Å². The molecule has 1 amide bonds. The Morgan fingerprint density at radius 3 is 2.68 bits per heavy atom. The zero-order valence-corrected chi connectivity index (χ0v) is 20.2. The van der Waals surface area contributed by atoms with Crippen molar-refractivity contribution in [1.29, 1.82) is 0 Å². The number of benzene rings is 2. The van der Waals surface area contributed by atoms with E-state index < -0.39 is 0 Å². The number of H-pyrrole nitrogens is 1. The molecule has 0 aliphatic carbocycles. The van der Waals surface area contributed by atoms with Gasteiger partial charge in [-0.15, -0.1) is 10.2 Å². The quantitative estimate of drug-likeness (QED) is 0.294. The van der Waals surface area contributed by atoms with Crippen LogP contribution < -0.4 is 0 Å². The maximum Gasteiger partial charge on any atom is 0.233 e. The van der Waals surface area contributed by atoms with Crippen LogP contribution >= 0.6 is 23.4 Å². The average molecular weight is 492 g/mol. The predicted octanol–water partition coefficient (Wildman–Crippen LogP) is 5.72. The fraction of sp³-hybridized carbons (Fsp3) is 0.160. The number of carbonyl (C=O) groups excluding carboxylic acids is 1. The summed E-state index contributed by atoms with van der Waals surface area (Å²) in [6.45, 7) is 2.30. The molecule has 0 aliphatic heterocycles. The number of hydrogen-bond donors (Lipinski definition) is 1. The molecule has 1 N–H and O–H groups in total. The summed E-state index contributed by atoms with van der Waals surface area (Å²) in [4.78, 5) is 17.8. The number of nitrogens with zero attached hydrogens (tertiary/aromatic N) is 4. The summed E-state index contributed by atoms with van der Waals surface area (Å²) in [7, 11) is 1.77. The number of rotatable bonds is 7. The Labute approximate surface area is 205 Å². The highest BCUT2D eigenvalue weighted by molar-refractivity contribution is 7.99. The van der Waals surface area contributed by atoms with Gasteiger partial charge in [0.05, 0.1) is 12.3 Å². The summed E-state index contributed by atoms with van der Waals surface area (Å²) in [5.74, 6) is 2.46. The van der Waals surface area contributed by atoms with Gasteiger partial charge in [0.2, 0.25) is 5.91 Å². The molecular weight excluding hydrogens is 470 g/mol. The number of fused-ring (bicyclic) bond motifs is 1. The Kier molecular flexibility index (Phi) is 6.17. The lowest BCUT2D eigenvalue weighted by Crippen LogP contribution is -2.27. The molecule has 7 nitrogen and oxygen atoms in total. The van der Waals surface area contributed by atoms with E-state index in [1.54, 1.807) is 11.9 Å². The average Bonchev–Trinajstić information content (AvgIpc) is 3.56. The molecule has 3 heterocycles. The number of aromatic nitrogens is 4. The van der Waals surface area contributed by atoms with Gasteiger partial charge in [-0.3, -0.25) is 9.36 Å². The minimum absolute atomic E-state index is 0.0293. The van der Waals surface area contributed by atoms with Gasteiger partial charge < -0.3 is 14.3 Å². The van der Waals surface area contributed by atoms with Gasteiger partial charge in [-0.2, -0.15) is 0 Å². The Hall–Kier alpha value is -3.49. The van der Waals surface area contributed by atoms with Crippen molar-refractivity contribution in [2.24, 2.45) is 0 Å². The first-order chi connectivity index (χ1) is 16.5. The topological polar surface area (TPSA) is 80.0 Å². The zero-order chi connectivity index (χ0) is 23.7. The first-order valence-corrected chi connectivity index (χ1v) is 12.1. The molecule has 0 unspecified atom stereocenters. The van der Waals surface area contributed by atoms with Crippen LogP contribution in [0.4, 0.5) is 0 Å². The number of nitrogens with one attached hydrogen (secondary N) is 1. The second kappa shape index (κ2) is 9.40. The molecule has 0 aliphatic rings. The number of aromatic amines is 1. The SMILES string of the molecule is Cc1ccc(CN(C)C(=O)CSc2nnc(-c3c[nH]c4ccccc34)n2-c2ccc(Cl)cc2)o1. The monoisotopic (exact) mass is 491 g/mol. The highest BCUT2D eigenvalue weighted by Gasteiger charge is 2.20. The molecule has 0 bridgehead atoms. The normalized spacial score (nSPS) is 11.3. The summed E-state index contributed by atoms with van der Waals surface area (Å²) in [6, 6.07) is 19.3. The molecule has 34 heavy (non-hydrogen) atoms. The number of amides is 1. The van der Waals surface area contributed by atoms with Crippen LogP contribution in [0.1, 0.15) is 11.5 Å². The van der Waals surface area contributed by atoms with E-state index in [4.69, 9.17) is 16.0 Å². The number of hydrogen-bond acceptors (Lipinski definition) is 5. The maximum absolute atomic E-state index is 12.8. The number of thioether (sulfide) groups is 1. The largest absolute Gasteiger partial charge is 0.464 e. The number of para-hydroxylation sites is 1. The second-order valence-corrected chi connectivity index (χ2v) is 9.30. The van der Waals surface area contributed by atoms with E-state index in [-0.39, 0.29) is 11.7 Å². The third-order valence-corrected chi connectivity index (χ3v) is 6.65. The molecule has 0 fully saturated rings. The van der Waals surface area contributed by atoms with Gasteiger partial charge in [0.15, 0.2) is 11.0 Å². The van der Waals surface area contributed by atoms with Gasteiger partial charge in [0, 0.05) is 40.4 Å². The summed E-state index contributed by atoms with van der Waals surface area (Å²) >= 11 is 7.47. The molecule has 2 aromatic carbocycles. The first-order valence-electron chi connectivity index (χ1n) is 10.7. The molecule has 0 spiro atoms. The fourth-order valence-corrected chi connectivity index (χ4v) is 4.76. The van der Waals surface area contributed by atoms with Crippen molar-refractivity contribution in [2.45, 2.75) is 18.6 Å². The van der Waals surface area contributed by atoms with Gasteiger partial charge in [-0.05, 0) is 49.4 Å². The van der Waals surface area contributed by atoms with Crippen LogP contribution in [0, 0.1) is 6.92 Å². The van der Waals surface area contributed by atoms with Crippen LogP contribution in [0.5, 0.6) is 0 Å². The molecule has 172 valence electrons. The van der Waals surface area contributed by atoms with E-state index in [2.05, 4.69) is 15.2 Å². The third-order valence-electron chi connectivity index (χ3n) is 5.49. The van der Waals surface area contributed by atoms with Crippen molar-refractivity contribution in [1.82, 2.24) is 24.6 Å². The predicted molar refractivity (Wildman–Crippen MR) is 134 cm³/mol. The summed E-state index contributed by atoms with van der Waals surface area (Å²) < 4.78 is 7.55. The molecule has 9 heteroatoms. The van der Waals surface area contributed by atoms with Crippen molar-refractivity contribution in [2.75, 3.05) is 12.8 Å². The molecule has 0 saturated carbocycles. The van der Waals surface area contributed by atoms with Gasteiger partial charge in [-0.25, -0.2) is 0 Å². The van der Waals surface area contributed by atoms with Crippen LogP contribution in [0.2, 0.25) is 5.02 Å². The Bertz CT molecular complexity index is 1450. The molecule has 5 aromatic rings. The van der Waals surface area contributed by atoms with Crippen LogP contribution in [-0.4, -0.2) is 43.4 Å². The summed E-state index contributed by atoms with van der Waals surface area (Å²) in [6.07, 6.45) is 1.93. The Balaban J connectivity index is 1.44. The van der Waals surface area contributed by atoms with Gasteiger partial charge in [0.25, 0.3) is 0 Å². The third kappa shape index (κ3) is 4.47. The maximum atomic E-state index is 12.8. The summed E-state index contributed by atoms with van der Waals surface area (Å²) in [5, 5.41) is 11.3. The summed E-state index contributed by atoms with van der Waals surface area (Å²) in [5.41, 5.74) is 2.81. The van der Waals surface area contributed by atoms with Crippen LogP contribution in [0.25, 0.3) is 28.0 Å². The first kappa shape index (κ1) is 22.3. The van der Waals surface area contributed by atoms with E-state index in [0.717, 1.165) is 33.7 Å². The molecule has 0 saturated heterocycles. The van der Waals surface area contributed by atoms with Gasteiger partial charge >= 0.3 is 0 Å². The van der Waals surface area contributed by atoms with Gasteiger partial charge in [0.1, 0.15) is 11.5 Å². The smallest absolute Gasteiger partial charge is 0.233 e. The van der Waals surface area contributed by atoms with Crippen molar-refractivity contribution in [3.63, 3.8) is 0 Å². The Morgan fingerprint density at radius 1 is 1.12 bits per heavy atom. The van der Waals surface area contributed by atoms with E-state index in [1.807, 2.05) is 78.4 Å². The number of furan rings is 1. The molecule has 3 aromatic heterocycles. The highest BCUT2D eigenvalue weighted by atomic mass is 35.5. The molecule has 0 radical (unpaired) electrons. The number of aryl methyl sites for hydroxylation is 1. The lowest BCUT2D eigenvalue weighted by Gasteiger charge is -2.15. The minimum atomic E-state index is -0.0293.